The average Bonchev–Trinajstić information content (AvgIpc) is 2.74. The third-order valence-electron chi connectivity index (χ3n) is 4.31. The van der Waals surface area contributed by atoms with E-state index in [1.165, 1.54) is 6.07 Å². The highest BCUT2D eigenvalue weighted by atomic mass is 32.2. The number of hydrogen-bond donors (Lipinski definition) is 1. The van der Waals surface area contributed by atoms with E-state index in [1.54, 1.807) is 48.5 Å². The van der Waals surface area contributed by atoms with Gasteiger partial charge in [-0.15, -0.1) is 0 Å². The first-order valence-corrected chi connectivity index (χ1v) is 15.6. The minimum absolute atomic E-state index is 0.177. The van der Waals surface area contributed by atoms with Crippen molar-refractivity contribution >= 4 is 38.0 Å². The molecule has 1 N–H and O–H groups in total. The van der Waals surface area contributed by atoms with Gasteiger partial charge in [-0.05, 0) is 78.1 Å². The number of anilines is 1. The molecule has 12 nitrogen and oxygen atoms in total. The molecule has 1 aromatic rings. The molecular formula is C26H44N2O10S2. The van der Waals surface area contributed by atoms with Crippen molar-refractivity contribution in [1.82, 2.24) is 5.32 Å². The zero-order chi connectivity index (χ0) is 38.1. The van der Waals surface area contributed by atoms with E-state index in [0.29, 0.717) is 18.1 Å². The summed E-state index contributed by atoms with van der Waals surface area (Å²) in [6.07, 6.45) is -0.730. The van der Waals surface area contributed by atoms with Crippen LogP contribution in [0.25, 0.3) is 0 Å². The average molecular weight is 617 g/mol. The number of ether oxygens (including phenoxy) is 2. The molecule has 0 aliphatic rings. The highest BCUT2D eigenvalue weighted by molar-refractivity contribution is 7.86. The van der Waals surface area contributed by atoms with Crippen molar-refractivity contribution in [2.24, 2.45) is 0 Å². The van der Waals surface area contributed by atoms with E-state index in [0.717, 1.165) is 12.1 Å². The van der Waals surface area contributed by atoms with Gasteiger partial charge >= 0.3 is 12.1 Å². The second-order valence-electron chi connectivity index (χ2n) is 10.8. The third kappa shape index (κ3) is 16.6. The molecule has 40 heavy (non-hydrogen) atoms. The van der Waals surface area contributed by atoms with Gasteiger partial charge in [0, 0.05) is 24.7 Å². The van der Waals surface area contributed by atoms with Crippen molar-refractivity contribution in [3.63, 3.8) is 0 Å². The summed E-state index contributed by atoms with van der Waals surface area (Å²) in [5.74, 6) is -0.719. The molecule has 1 aromatic carbocycles. The Morgan fingerprint density at radius 3 is 1.88 bits per heavy atom. The molecule has 0 spiro atoms. The molecule has 0 unspecified atom stereocenters. The van der Waals surface area contributed by atoms with Gasteiger partial charge in [0.05, 0.1) is 43.0 Å². The summed E-state index contributed by atoms with van der Waals surface area (Å²) in [7, 11) is -9.50. The van der Waals surface area contributed by atoms with Crippen molar-refractivity contribution in [2.75, 3.05) is 43.5 Å². The Labute approximate surface area is 250 Å². The van der Waals surface area contributed by atoms with Crippen LogP contribution in [-0.4, -0.2) is 84.8 Å². The van der Waals surface area contributed by atoms with Crippen molar-refractivity contribution in [3.05, 3.63) is 29.3 Å². The Hall–Kier alpha value is -2.42. The van der Waals surface area contributed by atoms with Gasteiger partial charge in [0.2, 0.25) is 0 Å². The smallest absolute Gasteiger partial charge is 0.407 e. The van der Waals surface area contributed by atoms with E-state index >= 15 is 0 Å². The van der Waals surface area contributed by atoms with Crippen molar-refractivity contribution < 1.29 is 55.2 Å². The fraction of sp³-hybridized carbons (Fsp3) is 0.692. The zero-order valence-corrected chi connectivity index (χ0v) is 25.7. The Kier molecular flexibility index (Phi) is 8.75. The van der Waals surface area contributed by atoms with Crippen LogP contribution in [0.4, 0.5) is 10.5 Å². The minimum Gasteiger partial charge on any atom is -0.460 e. The van der Waals surface area contributed by atoms with E-state index in [9.17, 15) is 26.4 Å². The molecule has 0 bridgehead atoms. The SMILES string of the molecule is [2H]C([2H])(OS(C)(=O)=O)C([2H])([2H])N(c1ccc(C)c(C[C@@H](CC(=O)OC(C)(C)C)NC(=O)OC(C)(C)C)c1)C([2H])([2H])C([2H])([2H])OS(C)(=O)=O. The lowest BCUT2D eigenvalue weighted by atomic mass is 9.98. The van der Waals surface area contributed by atoms with Crippen LogP contribution in [-0.2, 0) is 49.3 Å². The Balaban J connectivity index is 3.94. The first-order chi connectivity index (χ1) is 21.0. The number of benzene rings is 1. The summed E-state index contributed by atoms with van der Waals surface area (Å²) in [6.45, 7) is -4.39. The third-order valence-corrected chi connectivity index (χ3v) is 5.08. The molecule has 0 saturated heterocycles. The predicted molar refractivity (Wildman–Crippen MR) is 152 cm³/mol. The second kappa shape index (κ2) is 14.5. The minimum atomic E-state index is -4.75. The fourth-order valence-electron chi connectivity index (χ4n) is 2.95. The highest BCUT2D eigenvalue weighted by Gasteiger charge is 2.25. The summed E-state index contributed by atoms with van der Waals surface area (Å²) in [6, 6.07) is 2.34. The molecular weight excluding hydrogens is 564 g/mol. The summed E-state index contributed by atoms with van der Waals surface area (Å²) in [5, 5.41) is 2.56. The fourth-order valence-corrected chi connectivity index (χ4v) is 3.33. The summed E-state index contributed by atoms with van der Waals surface area (Å²) >= 11 is 0. The highest BCUT2D eigenvalue weighted by Crippen LogP contribution is 2.22. The van der Waals surface area contributed by atoms with Gasteiger partial charge in [0.25, 0.3) is 20.2 Å². The first-order valence-electron chi connectivity index (χ1n) is 15.9. The number of nitrogens with zero attached hydrogens (tertiary/aromatic N) is 1. The normalized spacial score (nSPS) is 17.8. The van der Waals surface area contributed by atoms with Crippen molar-refractivity contribution in [3.8, 4) is 0 Å². The van der Waals surface area contributed by atoms with E-state index < -0.39 is 87.8 Å². The van der Waals surface area contributed by atoms with Crippen LogP contribution in [0.15, 0.2) is 18.2 Å². The maximum absolute atomic E-state index is 12.8. The number of hydrogen-bond acceptors (Lipinski definition) is 11. The lowest BCUT2D eigenvalue weighted by Gasteiger charge is -2.27. The Bertz CT molecular complexity index is 1470. The molecule has 1 atom stereocenters. The number of nitrogens with one attached hydrogen (secondary N) is 1. The lowest BCUT2D eigenvalue weighted by molar-refractivity contribution is -0.155. The molecule has 230 valence electrons. The second-order valence-corrected chi connectivity index (χ2v) is 13.9. The molecule has 0 aromatic heterocycles. The number of esters is 1. The lowest BCUT2D eigenvalue weighted by Crippen LogP contribution is -2.42. The quantitative estimate of drug-likeness (QED) is 0.242. The number of carbonyl (C=O) groups excluding carboxylic acids is 2. The van der Waals surface area contributed by atoms with Crippen molar-refractivity contribution in [1.29, 1.82) is 0 Å². The van der Waals surface area contributed by atoms with Crippen LogP contribution in [0.1, 0.15) is 70.1 Å². The van der Waals surface area contributed by atoms with Gasteiger partial charge in [0.1, 0.15) is 11.2 Å². The monoisotopic (exact) mass is 616 g/mol. The molecule has 0 radical (unpaired) electrons. The van der Waals surface area contributed by atoms with Crippen LogP contribution in [0.5, 0.6) is 0 Å². The Morgan fingerprint density at radius 2 is 1.43 bits per heavy atom. The number of alkyl carbamates (subject to hydrolysis) is 1. The Morgan fingerprint density at radius 1 is 0.925 bits per heavy atom. The first kappa shape index (κ1) is 24.2. The van der Waals surface area contributed by atoms with Gasteiger partial charge in [-0.3, -0.25) is 13.2 Å². The van der Waals surface area contributed by atoms with Crippen LogP contribution in [0, 0.1) is 6.92 Å². The van der Waals surface area contributed by atoms with E-state index in [2.05, 4.69) is 13.7 Å². The van der Waals surface area contributed by atoms with Gasteiger partial charge in [-0.2, -0.15) is 16.8 Å². The standard InChI is InChI=1S/C26H44N2O10S2/c1-19-10-11-22(28(12-14-35-39(8,31)32)13-15-36-40(9,33)34)17-20(19)16-21(18-23(29)37-25(2,3)4)27-24(30)38-26(5,6)7/h10-11,17,21H,12-16,18H2,1-9H3,(H,27,30)/t21-/m0/s1/i12D2,13D2,14D2,15D2. The van der Waals surface area contributed by atoms with Crippen LogP contribution < -0.4 is 10.2 Å². The van der Waals surface area contributed by atoms with Crippen LogP contribution in [0.3, 0.4) is 0 Å². The summed E-state index contributed by atoms with van der Waals surface area (Å²) in [5.41, 5.74) is -1.84. The van der Waals surface area contributed by atoms with Gasteiger partial charge in [0.15, 0.2) is 0 Å². The zero-order valence-electron chi connectivity index (χ0n) is 32.1. The molecule has 0 fully saturated rings. The van der Waals surface area contributed by atoms with Gasteiger partial charge in [-0.1, -0.05) is 6.07 Å². The number of rotatable bonds is 14. The summed E-state index contributed by atoms with van der Waals surface area (Å²) in [4.78, 5) is 25.3. The predicted octanol–water partition coefficient (Wildman–Crippen LogP) is 2.92. The number of aryl methyl sites for hydroxylation is 1. The summed E-state index contributed by atoms with van der Waals surface area (Å²) < 4.78 is 133. The van der Waals surface area contributed by atoms with E-state index in [-0.39, 0.29) is 16.9 Å². The largest absolute Gasteiger partial charge is 0.460 e. The molecule has 14 heteroatoms. The van der Waals surface area contributed by atoms with Crippen LogP contribution >= 0.6 is 0 Å². The van der Waals surface area contributed by atoms with Crippen molar-refractivity contribution in [2.45, 2.75) is 78.6 Å². The number of amides is 1. The van der Waals surface area contributed by atoms with Gasteiger partial charge in [-0.25, -0.2) is 4.79 Å². The van der Waals surface area contributed by atoms with E-state index in [1.807, 2.05) is 0 Å². The molecule has 0 heterocycles. The maximum Gasteiger partial charge on any atom is 0.407 e. The van der Waals surface area contributed by atoms with Crippen LogP contribution in [0.2, 0.25) is 0 Å². The van der Waals surface area contributed by atoms with Gasteiger partial charge < -0.3 is 19.7 Å². The molecule has 1 amide bonds. The molecule has 0 aliphatic heterocycles. The maximum atomic E-state index is 12.8. The van der Waals surface area contributed by atoms with E-state index in [4.69, 9.17) is 20.4 Å². The molecule has 0 aliphatic carbocycles. The topological polar surface area (TPSA) is 155 Å². The molecule has 1 rings (SSSR count). The molecule has 0 saturated carbocycles. The number of carbonyl (C=O) groups is 2.